The first-order chi connectivity index (χ1) is 9.36. The fraction of sp³-hybridized carbons (Fsp3) is 1.00. The molecule has 0 radical (unpaired) electrons. The van der Waals surface area contributed by atoms with Gasteiger partial charge in [-0.2, -0.15) is 0 Å². The maximum atomic E-state index is 5.50. The molecule has 3 atom stereocenters. The van der Waals surface area contributed by atoms with Crippen LogP contribution in [0.2, 0.25) is 0 Å². The highest BCUT2D eigenvalue weighted by molar-refractivity contribution is 4.97. The third-order valence-electron chi connectivity index (χ3n) is 5.39. The summed E-state index contributed by atoms with van der Waals surface area (Å²) in [7, 11) is 0. The molecule has 3 unspecified atom stereocenters. The van der Waals surface area contributed by atoms with E-state index in [1.807, 2.05) is 0 Å². The highest BCUT2D eigenvalue weighted by atomic mass is 16.5. The molecule has 0 aliphatic carbocycles. The van der Waals surface area contributed by atoms with Gasteiger partial charge in [0.25, 0.3) is 0 Å². The zero-order chi connectivity index (χ0) is 13.1. The Hall–Kier alpha value is -0.120. The summed E-state index contributed by atoms with van der Waals surface area (Å²) in [6.45, 7) is 6.80. The van der Waals surface area contributed by atoms with Gasteiger partial charge in [0.05, 0.1) is 0 Å². The topological polar surface area (TPSA) is 24.5 Å². The van der Waals surface area contributed by atoms with Crippen LogP contribution in [0.5, 0.6) is 0 Å². The molecule has 3 rings (SSSR count). The van der Waals surface area contributed by atoms with Crippen LogP contribution in [0.25, 0.3) is 0 Å². The van der Waals surface area contributed by atoms with Crippen molar-refractivity contribution in [1.29, 1.82) is 0 Å². The molecule has 0 saturated carbocycles. The average Bonchev–Trinajstić information content (AvgIpc) is 3.01. The highest BCUT2D eigenvalue weighted by Gasteiger charge is 2.40. The van der Waals surface area contributed by atoms with E-state index in [-0.39, 0.29) is 0 Å². The van der Waals surface area contributed by atoms with Crippen LogP contribution in [0.15, 0.2) is 0 Å². The number of nitrogens with one attached hydrogen (secondary N) is 1. The van der Waals surface area contributed by atoms with Crippen LogP contribution < -0.4 is 5.32 Å². The zero-order valence-electron chi connectivity index (χ0n) is 12.4. The van der Waals surface area contributed by atoms with Gasteiger partial charge in [-0.3, -0.25) is 4.90 Å². The summed E-state index contributed by atoms with van der Waals surface area (Å²) in [4.78, 5) is 2.84. The third-order valence-corrected chi connectivity index (χ3v) is 5.39. The Bertz CT molecular complexity index is 264. The SMILES string of the molecule is CCCNC1CC2CCC(C1)N2CCC1CCOC1. The quantitative estimate of drug-likeness (QED) is 0.799. The summed E-state index contributed by atoms with van der Waals surface area (Å²) in [5, 5.41) is 3.74. The van der Waals surface area contributed by atoms with Crippen molar-refractivity contribution in [3.63, 3.8) is 0 Å². The second kappa shape index (κ2) is 6.55. The van der Waals surface area contributed by atoms with Crippen LogP contribution in [0.3, 0.4) is 0 Å². The smallest absolute Gasteiger partial charge is 0.0495 e. The van der Waals surface area contributed by atoms with E-state index < -0.39 is 0 Å². The standard InChI is InChI=1S/C16H30N2O/c1-2-7-17-14-10-15-3-4-16(11-14)18(15)8-5-13-6-9-19-12-13/h13-17H,2-12H2,1H3. The molecule has 3 fully saturated rings. The maximum Gasteiger partial charge on any atom is 0.0495 e. The van der Waals surface area contributed by atoms with E-state index in [1.165, 1.54) is 58.0 Å². The Morgan fingerprint density at radius 2 is 1.95 bits per heavy atom. The lowest BCUT2D eigenvalue weighted by Gasteiger charge is -2.39. The molecular formula is C16H30N2O. The molecule has 19 heavy (non-hydrogen) atoms. The van der Waals surface area contributed by atoms with Gasteiger partial charge < -0.3 is 10.1 Å². The van der Waals surface area contributed by atoms with Gasteiger partial charge in [0, 0.05) is 31.3 Å². The van der Waals surface area contributed by atoms with Gasteiger partial charge >= 0.3 is 0 Å². The molecule has 3 nitrogen and oxygen atoms in total. The molecule has 3 aliphatic heterocycles. The molecule has 1 N–H and O–H groups in total. The molecule has 2 bridgehead atoms. The molecule has 3 heteroatoms. The van der Waals surface area contributed by atoms with Gasteiger partial charge in [0.15, 0.2) is 0 Å². The van der Waals surface area contributed by atoms with Gasteiger partial charge in [0.1, 0.15) is 0 Å². The first kappa shape index (κ1) is 13.8. The molecular weight excluding hydrogens is 236 g/mol. The zero-order valence-corrected chi connectivity index (χ0v) is 12.4. The first-order valence-corrected chi connectivity index (χ1v) is 8.43. The predicted octanol–water partition coefficient (Wildman–Crippen LogP) is 2.41. The van der Waals surface area contributed by atoms with E-state index in [9.17, 15) is 0 Å². The van der Waals surface area contributed by atoms with Gasteiger partial charge in [-0.1, -0.05) is 6.92 Å². The van der Waals surface area contributed by atoms with Crippen molar-refractivity contribution in [2.75, 3.05) is 26.3 Å². The van der Waals surface area contributed by atoms with Crippen LogP contribution in [0, 0.1) is 5.92 Å². The number of rotatable bonds is 6. The average molecular weight is 266 g/mol. The van der Waals surface area contributed by atoms with E-state index in [0.29, 0.717) is 0 Å². The minimum absolute atomic E-state index is 0.795. The lowest BCUT2D eigenvalue weighted by molar-refractivity contribution is 0.106. The molecule has 110 valence electrons. The molecule has 0 spiro atoms. The summed E-state index contributed by atoms with van der Waals surface area (Å²) in [6.07, 6.45) is 9.57. The highest BCUT2D eigenvalue weighted by Crippen LogP contribution is 2.36. The van der Waals surface area contributed by atoms with E-state index in [2.05, 4.69) is 17.1 Å². The minimum atomic E-state index is 0.795. The van der Waals surface area contributed by atoms with Crippen molar-refractivity contribution in [3.8, 4) is 0 Å². The molecule has 3 heterocycles. The van der Waals surface area contributed by atoms with Crippen molar-refractivity contribution < 1.29 is 4.74 Å². The fourth-order valence-electron chi connectivity index (χ4n) is 4.30. The molecule has 0 aromatic rings. The number of fused-ring (bicyclic) bond motifs is 2. The summed E-state index contributed by atoms with van der Waals surface area (Å²) < 4.78 is 5.50. The second-order valence-electron chi connectivity index (χ2n) is 6.76. The Labute approximate surface area is 118 Å². The van der Waals surface area contributed by atoms with E-state index >= 15 is 0 Å². The normalized spacial score (nSPS) is 39.0. The molecule has 0 amide bonds. The Balaban J connectivity index is 1.46. The van der Waals surface area contributed by atoms with Crippen molar-refractivity contribution >= 4 is 0 Å². The van der Waals surface area contributed by atoms with E-state index in [4.69, 9.17) is 4.74 Å². The van der Waals surface area contributed by atoms with E-state index in [1.54, 1.807) is 0 Å². The van der Waals surface area contributed by atoms with Crippen molar-refractivity contribution in [2.45, 2.75) is 70.0 Å². The van der Waals surface area contributed by atoms with Crippen molar-refractivity contribution in [3.05, 3.63) is 0 Å². The molecule has 3 aliphatic rings. The number of ether oxygens (including phenoxy) is 1. The number of hydrogen-bond acceptors (Lipinski definition) is 3. The van der Waals surface area contributed by atoms with Crippen molar-refractivity contribution in [2.24, 2.45) is 5.92 Å². The maximum absolute atomic E-state index is 5.50. The van der Waals surface area contributed by atoms with E-state index in [0.717, 1.165) is 37.3 Å². The number of nitrogens with zero attached hydrogens (tertiary/aromatic N) is 1. The lowest BCUT2D eigenvalue weighted by Crippen LogP contribution is -2.49. The van der Waals surface area contributed by atoms with Crippen LogP contribution in [-0.2, 0) is 4.74 Å². The second-order valence-corrected chi connectivity index (χ2v) is 6.76. The summed E-state index contributed by atoms with van der Waals surface area (Å²) in [5.74, 6) is 0.843. The van der Waals surface area contributed by atoms with Gasteiger partial charge in [-0.05, 0) is 64.0 Å². The monoisotopic (exact) mass is 266 g/mol. The Morgan fingerprint density at radius 3 is 2.58 bits per heavy atom. The first-order valence-electron chi connectivity index (χ1n) is 8.43. The largest absolute Gasteiger partial charge is 0.381 e. The summed E-state index contributed by atoms with van der Waals surface area (Å²) in [6, 6.07) is 2.54. The van der Waals surface area contributed by atoms with Gasteiger partial charge in [-0.15, -0.1) is 0 Å². The van der Waals surface area contributed by atoms with Crippen molar-refractivity contribution in [1.82, 2.24) is 10.2 Å². The molecule has 0 aromatic heterocycles. The minimum Gasteiger partial charge on any atom is -0.381 e. The predicted molar refractivity (Wildman–Crippen MR) is 78.4 cm³/mol. The molecule has 0 aromatic carbocycles. The van der Waals surface area contributed by atoms with Gasteiger partial charge in [-0.25, -0.2) is 0 Å². The number of piperidine rings is 1. The molecule has 3 saturated heterocycles. The Kier molecular flexibility index (Phi) is 4.78. The van der Waals surface area contributed by atoms with Crippen LogP contribution >= 0.6 is 0 Å². The third kappa shape index (κ3) is 3.32. The fourth-order valence-corrected chi connectivity index (χ4v) is 4.30. The number of hydrogen-bond donors (Lipinski definition) is 1. The van der Waals surface area contributed by atoms with Crippen LogP contribution in [-0.4, -0.2) is 49.3 Å². The van der Waals surface area contributed by atoms with Crippen LogP contribution in [0.1, 0.15) is 51.9 Å². The summed E-state index contributed by atoms with van der Waals surface area (Å²) >= 11 is 0. The van der Waals surface area contributed by atoms with Gasteiger partial charge in [0.2, 0.25) is 0 Å². The summed E-state index contributed by atoms with van der Waals surface area (Å²) in [5.41, 5.74) is 0. The lowest BCUT2D eigenvalue weighted by atomic mass is 9.95. The van der Waals surface area contributed by atoms with Crippen LogP contribution in [0.4, 0.5) is 0 Å². The Morgan fingerprint density at radius 1 is 1.16 bits per heavy atom.